The van der Waals surface area contributed by atoms with Crippen molar-refractivity contribution in [2.45, 2.75) is 17.9 Å². The number of fused-ring (bicyclic) bond motifs is 2. The van der Waals surface area contributed by atoms with Crippen LogP contribution in [0.25, 0.3) is 16.9 Å². The van der Waals surface area contributed by atoms with Crippen molar-refractivity contribution in [3.8, 4) is 11.3 Å². The second-order valence-electron chi connectivity index (χ2n) is 7.29. The number of primary sulfonamides is 1. The van der Waals surface area contributed by atoms with Gasteiger partial charge in [-0.15, -0.1) is 0 Å². The average Bonchev–Trinajstić information content (AvgIpc) is 3.35. The minimum atomic E-state index is -3.70. The summed E-state index contributed by atoms with van der Waals surface area (Å²) in [6.45, 7) is 0.543. The SMILES string of the molecule is NS(=O)(=O)c1ccc(Cc2ccc(-c3ccc4c(c3)CNC4=O)n3ccnc23)cc1. The Hall–Kier alpha value is -3.49. The first-order chi connectivity index (χ1) is 14.4. The number of benzene rings is 2. The molecule has 0 bridgehead atoms. The lowest BCUT2D eigenvalue weighted by Crippen LogP contribution is -2.12. The summed E-state index contributed by atoms with van der Waals surface area (Å²) in [7, 11) is -3.70. The third-order valence-electron chi connectivity index (χ3n) is 5.36. The summed E-state index contributed by atoms with van der Waals surface area (Å²) in [5.41, 5.74) is 6.52. The summed E-state index contributed by atoms with van der Waals surface area (Å²) in [4.78, 5) is 16.4. The Kier molecular flexibility index (Phi) is 4.19. The smallest absolute Gasteiger partial charge is 0.251 e. The van der Waals surface area contributed by atoms with E-state index in [9.17, 15) is 13.2 Å². The summed E-state index contributed by atoms with van der Waals surface area (Å²) in [6, 6.07) is 16.5. The molecular formula is C22H18N4O3S. The first-order valence-corrected chi connectivity index (χ1v) is 10.9. The van der Waals surface area contributed by atoms with Gasteiger partial charge in [0.25, 0.3) is 5.91 Å². The molecular weight excluding hydrogens is 400 g/mol. The van der Waals surface area contributed by atoms with Crippen molar-refractivity contribution < 1.29 is 13.2 Å². The van der Waals surface area contributed by atoms with Crippen LogP contribution in [0.15, 0.2) is 71.9 Å². The highest BCUT2D eigenvalue weighted by atomic mass is 32.2. The molecule has 3 N–H and O–H groups in total. The topological polar surface area (TPSA) is 107 Å². The summed E-state index contributed by atoms with van der Waals surface area (Å²) in [6.07, 6.45) is 4.27. The van der Waals surface area contributed by atoms with Gasteiger partial charge in [0.1, 0.15) is 5.65 Å². The zero-order valence-corrected chi connectivity index (χ0v) is 16.7. The van der Waals surface area contributed by atoms with E-state index in [0.717, 1.165) is 39.2 Å². The van der Waals surface area contributed by atoms with Crippen LogP contribution in [0.1, 0.15) is 27.0 Å². The third-order valence-corrected chi connectivity index (χ3v) is 6.29. The van der Waals surface area contributed by atoms with Gasteiger partial charge in [0.15, 0.2) is 0 Å². The van der Waals surface area contributed by atoms with Crippen LogP contribution in [0, 0.1) is 0 Å². The standard InChI is InChI=1S/C22H18N4O3S/c23-30(28,29)18-5-1-14(2-6-18)11-16-4-8-20(26-10-9-24-21(16)26)15-3-7-19-17(12-15)13-25-22(19)27/h1-10,12H,11,13H2,(H,25,27)(H2,23,28,29). The fourth-order valence-electron chi connectivity index (χ4n) is 3.85. The molecule has 0 spiro atoms. The number of sulfonamides is 1. The van der Waals surface area contributed by atoms with Gasteiger partial charge in [0.2, 0.25) is 10.0 Å². The van der Waals surface area contributed by atoms with Crippen LogP contribution in [0.5, 0.6) is 0 Å². The molecule has 0 radical (unpaired) electrons. The highest BCUT2D eigenvalue weighted by molar-refractivity contribution is 7.89. The molecule has 30 heavy (non-hydrogen) atoms. The molecule has 0 saturated carbocycles. The predicted octanol–water partition coefficient (Wildman–Crippen LogP) is 2.48. The molecule has 1 aliphatic heterocycles. The van der Waals surface area contributed by atoms with Crippen molar-refractivity contribution in [1.82, 2.24) is 14.7 Å². The van der Waals surface area contributed by atoms with Crippen LogP contribution < -0.4 is 10.5 Å². The van der Waals surface area contributed by atoms with Crippen LogP contribution in [0.4, 0.5) is 0 Å². The minimum absolute atomic E-state index is 0.0341. The predicted molar refractivity (Wildman–Crippen MR) is 112 cm³/mol. The molecule has 8 heteroatoms. The molecule has 150 valence electrons. The summed E-state index contributed by atoms with van der Waals surface area (Å²) in [5, 5.41) is 8.01. The number of hydrogen-bond acceptors (Lipinski definition) is 4. The summed E-state index contributed by atoms with van der Waals surface area (Å²) in [5.74, 6) is -0.0341. The van der Waals surface area contributed by atoms with Crippen LogP contribution in [0.3, 0.4) is 0 Å². The fourth-order valence-corrected chi connectivity index (χ4v) is 4.37. The van der Waals surface area contributed by atoms with Crippen molar-refractivity contribution in [3.05, 3.63) is 89.2 Å². The number of pyridine rings is 1. The Morgan fingerprint density at radius 3 is 2.63 bits per heavy atom. The van der Waals surface area contributed by atoms with E-state index >= 15 is 0 Å². The van der Waals surface area contributed by atoms with Crippen molar-refractivity contribution in [2.75, 3.05) is 0 Å². The number of rotatable bonds is 4. The van der Waals surface area contributed by atoms with E-state index in [0.29, 0.717) is 13.0 Å². The highest BCUT2D eigenvalue weighted by Gasteiger charge is 2.19. The van der Waals surface area contributed by atoms with E-state index in [1.54, 1.807) is 18.3 Å². The van der Waals surface area contributed by atoms with Crippen LogP contribution >= 0.6 is 0 Å². The lowest BCUT2D eigenvalue weighted by atomic mass is 10.0. The lowest BCUT2D eigenvalue weighted by molar-refractivity contribution is 0.0965. The Bertz CT molecular complexity index is 1410. The van der Waals surface area contributed by atoms with E-state index in [-0.39, 0.29) is 10.8 Å². The Balaban J connectivity index is 1.51. The van der Waals surface area contributed by atoms with Gasteiger partial charge in [-0.3, -0.25) is 9.20 Å². The van der Waals surface area contributed by atoms with Crippen molar-refractivity contribution in [2.24, 2.45) is 5.14 Å². The van der Waals surface area contributed by atoms with Crippen molar-refractivity contribution in [3.63, 3.8) is 0 Å². The molecule has 0 atom stereocenters. The van der Waals surface area contributed by atoms with Crippen molar-refractivity contribution >= 4 is 21.6 Å². The van der Waals surface area contributed by atoms with E-state index < -0.39 is 10.0 Å². The van der Waals surface area contributed by atoms with E-state index in [1.807, 2.05) is 40.9 Å². The Morgan fingerprint density at radius 2 is 1.87 bits per heavy atom. The van der Waals surface area contributed by atoms with E-state index in [4.69, 9.17) is 5.14 Å². The van der Waals surface area contributed by atoms with Crippen LogP contribution in [0.2, 0.25) is 0 Å². The third kappa shape index (κ3) is 3.16. The van der Waals surface area contributed by atoms with E-state index in [1.165, 1.54) is 12.1 Å². The fraction of sp³-hybridized carbons (Fsp3) is 0.0909. The molecule has 2 aromatic carbocycles. The minimum Gasteiger partial charge on any atom is -0.348 e. The maximum absolute atomic E-state index is 11.8. The van der Waals surface area contributed by atoms with Gasteiger partial charge < -0.3 is 5.32 Å². The van der Waals surface area contributed by atoms with E-state index in [2.05, 4.69) is 10.3 Å². The second-order valence-corrected chi connectivity index (χ2v) is 8.85. The molecule has 1 aliphatic rings. The quantitative estimate of drug-likeness (QED) is 0.531. The molecule has 3 heterocycles. The molecule has 4 aromatic rings. The number of hydrogen-bond donors (Lipinski definition) is 2. The molecule has 0 unspecified atom stereocenters. The number of aromatic nitrogens is 2. The molecule has 0 aliphatic carbocycles. The molecule has 2 aromatic heterocycles. The Morgan fingerprint density at radius 1 is 1.07 bits per heavy atom. The molecule has 1 amide bonds. The average molecular weight is 418 g/mol. The second kappa shape index (κ2) is 6.79. The number of imidazole rings is 1. The number of nitrogens with two attached hydrogens (primary N) is 1. The number of carbonyl (C=O) groups is 1. The van der Waals surface area contributed by atoms with Gasteiger partial charge in [0.05, 0.1) is 10.6 Å². The summed E-state index contributed by atoms with van der Waals surface area (Å²) < 4.78 is 24.9. The lowest BCUT2D eigenvalue weighted by Gasteiger charge is -2.11. The first-order valence-electron chi connectivity index (χ1n) is 9.38. The van der Waals surface area contributed by atoms with Crippen LogP contribution in [-0.4, -0.2) is 23.7 Å². The van der Waals surface area contributed by atoms with Gasteiger partial charge in [-0.05, 0) is 52.6 Å². The van der Waals surface area contributed by atoms with Crippen molar-refractivity contribution in [1.29, 1.82) is 0 Å². The van der Waals surface area contributed by atoms with Gasteiger partial charge in [-0.2, -0.15) is 0 Å². The summed E-state index contributed by atoms with van der Waals surface area (Å²) >= 11 is 0. The Labute approximate surface area is 173 Å². The molecule has 7 nitrogen and oxygen atoms in total. The first kappa shape index (κ1) is 18.5. The zero-order chi connectivity index (χ0) is 20.9. The van der Waals surface area contributed by atoms with Gasteiger partial charge in [0, 0.05) is 30.9 Å². The normalized spacial score (nSPS) is 13.4. The maximum Gasteiger partial charge on any atom is 0.251 e. The number of amides is 1. The zero-order valence-electron chi connectivity index (χ0n) is 15.9. The molecule has 0 fully saturated rings. The van der Waals surface area contributed by atoms with Gasteiger partial charge >= 0.3 is 0 Å². The number of nitrogens with one attached hydrogen (secondary N) is 1. The number of carbonyl (C=O) groups excluding carboxylic acids is 1. The molecule has 5 rings (SSSR count). The monoisotopic (exact) mass is 418 g/mol. The molecule has 0 saturated heterocycles. The van der Waals surface area contributed by atoms with Gasteiger partial charge in [-0.1, -0.05) is 24.3 Å². The van der Waals surface area contributed by atoms with Gasteiger partial charge in [-0.25, -0.2) is 18.5 Å². The largest absolute Gasteiger partial charge is 0.348 e. The number of nitrogens with zero attached hydrogens (tertiary/aromatic N) is 2. The highest BCUT2D eigenvalue weighted by Crippen LogP contribution is 2.27. The van der Waals surface area contributed by atoms with Crippen LogP contribution in [-0.2, 0) is 23.0 Å². The maximum atomic E-state index is 11.8.